The Hall–Kier alpha value is -2.51. The highest BCUT2D eigenvalue weighted by atomic mass is 32.2. The van der Waals surface area contributed by atoms with Crippen molar-refractivity contribution in [2.75, 3.05) is 24.3 Å². The van der Waals surface area contributed by atoms with Crippen molar-refractivity contribution in [1.82, 2.24) is 4.98 Å². The van der Waals surface area contributed by atoms with E-state index in [4.69, 9.17) is 9.47 Å². The van der Waals surface area contributed by atoms with E-state index in [9.17, 15) is 4.79 Å². The number of hydrogen-bond donors (Lipinski definition) is 1. The van der Waals surface area contributed by atoms with Crippen LogP contribution in [-0.2, 0) is 4.79 Å². The highest BCUT2D eigenvalue weighted by Gasteiger charge is 2.13. The molecule has 0 fully saturated rings. The predicted octanol–water partition coefficient (Wildman–Crippen LogP) is 4.31. The van der Waals surface area contributed by atoms with Crippen molar-refractivity contribution in [2.45, 2.75) is 4.34 Å². The monoisotopic (exact) mass is 384 g/mol. The first-order chi connectivity index (χ1) is 12.8. The van der Waals surface area contributed by atoms with E-state index in [1.165, 1.54) is 11.8 Å². The fourth-order valence-electron chi connectivity index (χ4n) is 2.51. The Kier molecular flexibility index (Phi) is 5.08. The smallest absolute Gasteiger partial charge is 0.234 e. The van der Waals surface area contributed by atoms with E-state index in [2.05, 4.69) is 10.3 Å². The number of thioether (sulfide) groups is 1. The van der Waals surface area contributed by atoms with Crippen molar-refractivity contribution in [1.29, 1.82) is 0 Å². The summed E-state index contributed by atoms with van der Waals surface area (Å²) in [5, 5.41) is 4.89. The van der Waals surface area contributed by atoms with Crippen LogP contribution >= 0.6 is 23.1 Å². The normalized spacial score (nSPS) is 12.6. The van der Waals surface area contributed by atoms with Crippen LogP contribution in [0.15, 0.2) is 58.3 Å². The van der Waals surface area contributed by atoms with Crippen LogP contribution in [0.2, 0.25) is 0 Å². The lowest BCUT2D eigenvalue weighted by Crippen LogP contribution is -2.17. The first kappa shape index (κ1) is 16.9. The molecule has 0 unspecified atom stereocenters. The molecule has 0 saturated carbocycles. The maximum atomic E-state index is 12.2. The van der Waals surface area contributed by atoms with Gasteiger partial charge in [-0.2, -0.15) is 0 Å². The molecular formula is C19H16N2O3S2. The van der Waals surface area contributed by atoms with Crippen molar-refractivity contribution in [2.24, 2.45) is 0 Å². The lowest BCUT2D eigenvalue weighted by atomic mass is 10.2. The fraction of sp³-hybridized carbons (Fsp3) is 0.158. The molecular weight excluding hydrogens is 368 g/mol. The Bertz CT molecular complexity index is 912. The number of anilines is 1. The van der Waals surface area contributed by atoms with E-state index in [-0.39, 0.29) is 5.91 Å². The molecule has 2 heterocycles. The number of aromatic nitrogens is 1. The minimum atomic E-state index is -0.0804. The average molecular weight is 384 g/mol. The quantitative estimate of drug-likeness (QED) is 0.664. The minimum absolute atomic E-state index is 0.0804. The number of thiazole rings is 1. The molecule has 1 aliphatic heterocycles. The number of ether oxygens (including phenoxy) is 2. The van der Waals surface area contributed by atoms with Crippen LogP contribution in [0.5, 0.6) is 11.5 Å². The third-order valence-corrected chi connectivity index (χ3v) is 5.73. The number of hydrogen-bond acceptors (Lipinski definition) is 6. The number of amides is 1. The summed E-state index contributed by atoms with van der Waals surface area (Å²) in [6.45, 7) is 1.07. The zero-order valence-electron chi connectivity index (χ0n) is 13.8. The van der Waals surface area contributed by atoms with E-state index in [0.717, 1.165) is 15.6 Å². The SMILES string of the molecule is O=C(CSc1nc(-c2ccccc2)cs1)Nc1ccc2c(c1)OCCO2. The van der Waals surface area contributed by atoms with Crippen LogP contribution < -0.4 is 14.8 Å². The van der Waals surface area contributed by atoms with Gasteiger partial charge in [0.1, 0.15) is 13.2 Å². The van der Waals surface area contributed by atoms with Crippen LogP contribution in [-0.4, -0.2) is 29.9 Å². The van der Waals surface area contributed by atoms with E-state index in [1.54, 1.807) is 17.4 Å². The number of carbonyl (C=O) groups is 1. The Labute approximate surface area is 159 Å². The Morgan fingerprint density at radius 2 is 1.92 bits per heavy atom. The van der Waals surface area contributed by atoms with Crippen LogP contribution in [0, 0.1) is 0 Å². The van der Waals surface area contributed by atoms with Gasteiger partial charge in [0, 0.05) is 22.7 Å². The summed E-state index contributed by atoms with van der Waals surface area (Å²) in [5.74, 6) is 1.59. The van der Waals surface area contributed by atoms with Crippen LogP contribution in [0.25, 0.3) is 11.3 Å². The molecule has 0 atom stereocenters. The van der Waals surface area contributed by atoms with E-state index in [1.807, 2.05) is 47.8 Å². The summed E-state index contributed by atoms with van der Waals surface area (Å²) in [7, 11) is 0. The number of nitrogens with zero attached hydrogens (tertiary/aromatic N) is 1. The number of carbonyl (C=O) groups excluding carboxylic acids is 1. The van der Waals surface area contributed by atoms with Crippen molar-refractivity contribution >= 4 is 34.7 Å². The molecule has 1 aliphatic rings. The molecule has 0 aliphatic carbocycles. The summed E-state index contributed by atoms with van der Waals surface area (Å²) in [6.07, 6.45) is 0. The maximum absolute atomic E-state index is 12.2. The Morgan fingerprint density at radius 3 is 2.77 bits per heavy atom. The summed E-state index contributed by atoms with van der Waals surface area (Å²) in [5.41, 5.74) is 2.71. The summed E-state index contributed by atoms with van der Waals surface area (Å²) >= 11 is 2.98. The van der Waals surface area contributed by atoms with E-state index < -0.39 is 0 Å². The van der Waals surface area contributed by atoms with Crippen molar-refractivity contribution in [3.05, 3.63) is 53.9 Å². The highest BCUT2D eigenvalue weighted by Crippen LogP contribution is 2.33. The third kappa shape index (κ3) is 4.00. The zero-order valence-corrected chi connectivity index (χ0v) is 15.4. The summed E-state index contributed by atoms with van der Waals surface area (Å²) in [6, 6.07) is 15.4. The molecule has 132 valence electrons. The van der Waals surface area contributed by atoms with E-state index in [0.29, 0.717) is 36.2 Å². The van der Waals surface area contributed by atoms with Gasteiger partial charge in [-0.25, -0.2) is 4.98 Å². The summed E-state index contributed by atoms with van der Waals surface area (Å²) in [4.78, 5) is 16.8. The Morgan fingerprint density at radius 1 is 1.12 bits per heavy atom. The average Bonchev–Trinajstić information content (AvgIpc) is 3.16. The van der Waals surface area contributed by atoms with Gasteiger partial charge in [0.15, 0.2) is 15.8 Å². The van der Waals surface area contributed by atoms with Crippen molar-refractivity contribution in [3.63, 3.8) is 0 Å². The lowest BCUT2D eigenvalue weighted by Gasteiger charge is -2.18. The zero-order chi connectivity index (χ0) is 17.8. The molecule has 1 N–H and O–H groups in total. The van der Waals surface area contributed by atoms with Crippen molar-refractivity contribution < 1.29 is 14.3 Å². The molecule has 0 saturated heterocycles. The first-order valence-corrected chi connectivity index (χ1v) is 9.98. The van der Waals surface area contributed by atoms with Gasteiger partial charge in [0.2, 0.25) is 5.91 Å². The summed E-state index contributed by atoms with van der Waals surface area (Å²) < 4.78 is 11.9. The van der Waals surface area contributed by atoms with Gasteiger partial charge in [-0.15, -0.1) is 11.3 Å². The molecule has 0 bridgehead atoms. The second-order valence-corrected chi connectivity index (χ2v) is 7.64. The number of rotatable bonds is 5. The largest absolute Gasteiger partial charge is 0.486 e. The third-order valence-electron chi connectivity index (χ3n) is 3.71. The highest BCUT2D eigenvalue weighted by molar-refractivity contribution is 8.01. The Balaban J connectivity index is 1.34. The topological polar surface area (TPSA) is 60.5 Å². The molecule has 2 aromatic carbocycles. The van der Waals surface area contributed by atoms with Gasteiger partial charge in [-0.3, -0.25) is 4.79 Å². The molecule has 4 rings (SSSR count). The van der Waals surface area contributed by atoms with Gasteiger partial charge in [-0.05, 0) is 12.1 Å². The molecule has 26 heavy (non-hydrogen) atoms. The number of nitrogens with one attached hydrogen (secondary N) is 1. The van der Waals surface area contributed by atoms with Gasteiger partial charge < -0.3 is 14.8 Å². The fourth-order valence-corrected chi connectivity index (χ4v) is 4.15. The van der Waals surface area contributed by atoms with E-state index >= 15 is 0 Å². The second kappa shape index (κ2) is 7.80. The molecule has 1 amide bonds. The molecule has 7 heteroatoms. The molecule has 3 aromatic rings. The number of benzene rings is 2. The van der Waals surface area contributed by atoms with Crippen LogP contribution in [0.1, 0.15) is 0 Å². The first-order valence-electron chi connectivity index (χ1n) is 8.11. The van der Waals surface area contributed by atoms with Gasteiger partial charge >= 0.3 is 0 Å². The second-order valence-electron chi connectivity index (χ2n) is 5.56. The van der Waals surface area contributed by atoms with Crippen LogP contribution in [0.4, 0.5) is 5.69 Å². The number of fused-ring (bicyclic) bond motifs is 1. The molecule has 0 spiro atoms. The van der Waals surface area contributed by atoms with Crippen LogP contribution in [0.3, 0.4) is 0 Å². The molecule has 1 aromatic heterocycles. The van der Waals surface area contributed by atoms with Gasteiger partial charge in [-0.1, -0.05) is 42.1 Å². The van der Waals surface area contributed by atoms with Gasteiger partial charge in [0.25, 0.3) is 0 Å². The standard InChI is InChI=1S/C19H16N2O3S2/c22-18(20-14-6-7-16-17(10-14)24-9-8-23-16)12-26-19-21-15(11-25-19)13-4-2-1-3-5-13/h1-7,10-11H,8-9,12H2,(H,20,22). The minimum Gasteiger partial charge on any atom is -0.486 e. The maximum Gasteiger partial charge on any atom is 0.234 e. The predicted molar refractivity (Wildman–Crippen MR) is 104 cm³/mol. The van der Waals surface area contributed by atoms with Crippen molar-refractivity contribution in [3.8, 4) is 22.8 Å². The molecule has 5 nitrogen and oxygen atoms in total. The van der Waals surface area contributed by atoms with Gasteiger partial charge in [0.05, 0.1) is 11.4 Å². The lowest BCUT2D eigenvalue weighted by molar-refractivity contribution is -0.113. The molecule has 0 radical (unpaired) electrons.